The molecule has 0 aliphatic carbocycles. The van der Waals surface area contributed by atoms with Gasteiger partial charge in [0.15, 0.2) is 0 Å². The largest absolute Gasteiger partial charge is 0.368 e. The van der Waals surface area contributed by atoms with E-state index in [2.05, 4.69) is 32.3 Å². The van der Waals surface area contributed by atoms with Gasteiger partial charge < -0.3 is 10.3 Å². The second-order valence-electron chi connectivity index (χ2n) is 5.79. The topological polar surface area (TPSA) is 107 Å². The van der Waals surface area contributed by atoms with Crippen LogP contribution in [0.2, 0.25) is 0 Å². The van der Waals surface area contributed by atoms with Crippen LogP contribution in [-0.4, -0.2) is 21.0 Å². The first-order valence-corrected chi connectivity index (χ1v) is 7.88. The van der Waals surface area contributed by atoms with Gasteiger partial charge in [0.25, 0.3) is 5.91 Å². The molecule has 3 N–H and O–H groups in total. The third-order valence-electron chi connectivity index (χ3n) is 3.90. The number of aromatic nitrogens is 3. The van der Waals surface area contributed by atoms with Gasteiger partial charge in [-0.3, -0.25) is 10.1 Å². The molecule has 2 heterocycles. The van der Waals surface area contributed by atoms with E-state index in [4.69, 9.17) is 10.3 Å². The predicted molar refractivity (Wildman–Crippen MR) is 97.5 cm³/mol. The third-order valence-corrected chi connectivity index (χ3v) is 3.90. The number of hydrogen-bond acceptors (Lipinski definition) is 6. The Bertz CT molecular complexity index is 1030. The number of carbonyl (C=O) groups excluding carboxylic acids is 1. The standard InChI is InChI=1S/C19H17N5O2/c1-11-4-6-16(17(25)23-18-12(2)13(3)24-26-18)8-15(11)7-5-14-9-21-19(20)22-10-14/h4,6,8-10H,1-3H3,(H,23,25)(H2,20,21,22). The van der Waals surface area contributed by atoms with Crippen molar-refractivity contribution < 1.29 is 9.32 Å². The van der Waals surface area contributed by atoms with E-state index in [0.717, 1.165) is 22.4 Å². The highest BCUT2D eigenvalue weighted by Crippen LogP contribution is 2.19. The molecule has 3 aromatic rings. The molecule has 0 spiro atoms. The molecule has 0 aliphatic heterocycles. The molecule has 0 saturated carbocycles. The molecule has 130 valence electrons. The van der Waals surface area contributed by atoms with E-state index in [1.54, 1.807) is 24.5 Å². The molecule has 0 aliphatic rings. The molecule has 0 unspecified atom stereocenters. The second-order valence-corrected chi connectivity index (χ2v) is 5.79. The summed E-state index contributed by atoms with van der Waals surface area (Å²) < 4.78 is 5.12. The molecule has 0 fully saturated rings. The van der Waals surface area contributed by atoms with Gasteiger partial charge in [0.2, 0.25) is 11.8 Å². The van der Waals surface area contributed by atoms with E-state index in [0.29, 0.717) is 17.0 Å². The Morgan fingerprint density at radius 2 is 1.88 bits per heavy atom. The number of nitrogen functional groups attached to an aromatic ring is 1. The summed E-state index contributed by atoms with van der Waals surface area (Å²) in [6.07, 6.45) is 3.10. The number of nitrogens with two attached hydrogens (primary N) is 1. The van der Waals surface area contributed by atoms with Crippen LogP contribution in [0.15, 0.2) is 35.1 Å². The highest BCUT2D eigenvalue weighted by Gasteiger charge is 2.14. The van der Waals surface area contributed by atoms with Gasteiger partial charge in [0.1, 0.15) is 0 Å². The Kier molecular flexibility index (Phi) is 4.67. The fourth-order valence-electron chi connectivity index (χ4n) is 2.15. The molecular formula is C19H17N5O2. The number of rotatable bonds is 2. The van der Waals surface area contributed by atoms with Crippen LogP contribution in [0.1, 0.15) is 38.3 Å². The molecule has 0 bridgehead atoms. The number of nitrogens with zero attached hydrogens (tertiary/aromatic N) is 3. The summed E-state index contributed by atoms with van der Waals surface area (Å²) in [5, 5.41) is 6.55. The summed E-state index contributed by atoms with van der Waals surface area (Å²) in [5.41, 5.74) is 9.80. The summed E-state index contributed by atoms with van der Waals surface area (Å²) in [4.78, 5) is 20.3. The van der Waals surface area contributed by atoms with Crippen molar-refractivity contribution in [2.75, 3.05) is 11.1 Å². The van der Waals surface area contributed by atoms with Crippen LogP contribution in [0.5, 0.6) is 0 Å². The number of carbonyl (C=O) groups is 1. The molecule has 2 aromatic heterocycles. The number of nitrogens with one attached hydrogen (secondary N) is 1. The maximum absolute atomic E-state index is 12.5. The quantitative estimate of drug-likeness (QED) is 0.690. The smallest absolute Gasteiger partial charge is 0.258 e. The van der Waals surface area contributed by atoms with Crippen molar-refractivity contribution in [1.82, 2.24) is 15.1 Å². The average molecular weight is 347 g/mol. The monoisotopic (exact) mass is 347 g/mol. The van der Waals surface area contributed by atoms with E-state index in [1.165, 1.54) is 0 Å². The lowest BCUT2D eigenvalue weighted by molar-refractivity contribution is 0.102. The van der Waals surface area contributed by atoms with E-state index in [1.807, 2.05) is 26.8 Å². The Balaban J connectivity index is 1.84. The summed E-state index contributed by atoms with van der Waals surface area (Å²) in [7, 11) is 0. The van der Waals surface area contributed by atoms with Crippen LogP contribution in [0.4, 0.5) is 11.8 Å². The fourth-order valence-corrected chi connectivity index (χ4v) is 2.15. The lowest BCUT2D eigenvalue weighted by atomic mass is 10.0. The van der Waals surface area contributed by atoms with E-state index >= 15 is 0 Å². The Morgan fingerprint density at radius 1 is 1.15 bits per heavy atom. The maximum atomic E-state index is 12.5. The number of anilines is 2. The molecular weight excluding hydrogens is 330 g/mol. The molecule has 0 saturated heterocycles. The Labute approximate surface area is 150 Å². The van der Waals surface area contributed by atoms with Crippen molar-refractivity contribution in [3.8, 4) is 11.8 Å². The lowest BCUT2D eigenvalue weighted by Gasteiger charge is -2.05. The first-order valence-electron chi connectivity index (χ1n) is 7.88. The van der Waals surface area contributed by atoms with Gasteiger partial charge in [-0.15, -0.1) is 0 Å². The van der Waals surface area contributed by atoms with Gasteiger partial charge in [-0.1, -0.05) is 23.1 Å². The molecule has 0 atom stereocenters. The SMILES string of the molecule is Cc1ccc(C(=O)Nc2onc(C)c2C)cc1C#Cc1cnc(N)nc1. The highest BCUT2D eigenvalue weighted by atomic mass is 16.5. The zero-order valence-corrected chi connectivity index (χ0v) is 14.6. The Morgan fingerprint density at radius 3 is 2.54 bits per heavy atom. The molecule has 7 nitrogen and oxygen atoms in total. The number of aryl methyl sites for hydroxylation is 2. The minimum absolute atomic E-state index is 0.198. The van der Waals surface area contributed by atoms with Crippen molar-refractivity contribution in [2.45, 2.75) is 20.8 Å². The molecule has 0 radical (unpaired) electrons. The summed E-state index contributed by atoms with van der Waals surface area (Å²) in [6, 6.07) is 5.31. The van der Waals surface area contributed by atoms with E-state index in [-0.39, 0.29) is 11.9 Å². The van der Waals surface area contributed by atoms with Crippen molar-refractivity contribution in [3.05, 3.63) is 64.1 Å². The van der Waals surface area contributed by atoms with Gasteiger partial charge in [-0.05, 0) is 38.5 Å². The lowest BCUT2D eigenvalue weighted by Crippen LogP contribution is -2.12. The number of hydrogen-bond donors (Lipinski definition) is 2. The Hall–Kier alpha value is -3.66. The van der Waals surface area contributed by atoms with Gasteiger partial charge in [-0.2, -0.15) is 0 Å². The highest BCUT2D eigenvalue weighted by molar-refractivity contribution is 6.04. The van der Waals surface area contributed by atoms with E-state index in [9.17, 15) is 4.79 Å². The predicted octanol–water partition coefficient (Wildman–Crippen LogP) is 2.62. The van der Waals surface area contributed by atoms with Gasteiger partial charge in [0, 0.05) is 29.1 Å². The summed E-state index contributed by atoms with van der Waals surface area (Å²) in [6.45, 7) is 5.58. The van der Waals surface area contributed by atoms with Gasteiger partial charge in [0.05, 0.1) is 11.3 Å². The molecule has 3 rings (SSSR count). The summed E-state index contributed by atoms with van der Waals surface area (Å²) in [5.74, 6) is 6.26. The zero-order valence-electron chi connectivity index (χ0n) is 14.6. The number of amides is 1. The summed E-state index contributed by atoms with van der Waals surface area (Å²) >= 11 is 0. The number of benzene rings is 1. The van der Waals surface area contributed by atoms with Crippen molar-refractivity contribution in [3.63, 3.8) is 0 Å². The van der Waals surface area contributed by atoms with Crippen LogP contribution in [0, 0.1) is 32.6 Å². The van der Waals surface area contributed by atoms with Crippen LogP contribution in [0.3, 0.4) is 0 Å². The first-order chi connectivity index (χ1) is 12.4. The van der Waals surface area contributed by atoms with Crippen molar-refractivity contribution >= 4 is 17.7 Å². The van der Waals surface area contributed by atoms with Gasteiger partial charge >= 0.3 is 0 Å². The minimum atomic E-state index is -0.289. The normalized spacial score (nSPS) is 10.1. The van der Waals surface area contributed by atoms with Gasteiger partial charge in [-0.25, -0.2) is 9.97 Å². The minimum Gasteiger partial charge on any atom is -0.368 e. The first kappa shape index (κ1) is 17.2. The maximum Gasteiger partial charge on any atom is 0.258 e. The van der Waals surface area contributed by atoms with Crippen LogP contribution >= 0.6 is 0 Å². The van der Waals surface area contributed by atoms with Crippen LogP contribution in [-0.2, 0) is 0 Å². The van der Waals surface area contributed by atoms with Crippen molar-refractivity contribution in [2.24, 2.45) is 0 Å². The van der Waals surface area contributed by atoms with Crippen LogP contribution in [0.25, 0.3) is 0 Å². The molecule has 7 heteroatoms. The second kappa shape index (κ2) is 7.07. The molecule has 1 aromatic carbocycles. The molecule has 1 amide bonds. The third kappa shape index (κ3) is 3.70. The van der Waals surface area contributed by atoms with Crippen LogP contribution < -0.4 is 11.1 Å². The fraction of sp³-hybridized carbons (Fsp3) is 0.158. The average Bonchev–Trinajstić information content (AvgIpc) is 2.94. The molecule has 26 heavy (non-hydrogen) atoms. The van der Waals surface area contributed by atoms with Crippen molar-refractivity contribution in [1.29, 1.82) is 0 Å². The van der Waals surface area contributed by atoms with E-state index < -0.39 is 0 Å². The zero-order chi connectivity index (χ0) is 18.7.